The lowest BCUT2D eigenvalue weighted by molar-refractivity contribution is -0.138. The van der Waals surface area contributed by atoms with E-state index in [1.165, 1.54) is 12.5 Å². The third-order valence-electron chi connectivity index (χ3n) is 3.83. The molecule has 0 radical (unpaired) electrons. The Hall–Kier alpha value is -2.04. The number of amides is 1. The number of likely N-dealkylation sites (tertiary alicyclic amines) is 1. The summed E-state index contributed by atoms with van der Waals surface area (Å²) in [6.07, 6.45) is 2.63. The summed E-state index contributed by atoms with van der Waals surface area (Å²) in [5, 5.41) is 9.11. The molecule has 1 aliphatic heterocycles. The van der Waals surface area contributed by atoms with Crippen LogP contribution in [0, 0.1) is 6.92 Å². The molecule has 2 rings (SSSR count). The maximum absolute atomic E-state index is 12.3. The van der Waals surface area contributed by atoms with Crippen molar-refractivity contribution in [3.63, 3.8) is 0 Å². The van der Waals surface area contributed by atoms with Crippen LogP contribution < -0.4 is 4.74 Å². The van der Waals surface area contributed by atoms with Gasteiger partial charge in [0, 0.05) is 18.7 Å². The van der Waals surface area contributed by atoms with Gasteiger partial charge in [0.1, 0.15) is 5.75 Å². The molecular formula is C16H21NO4. The predicted octanol–water partition coefficient (Wildman–Crippen LogP) is 2.47. The van der Waals surface area contributed by atoms with Crippen molar-refractivity contribution in [3.05, 3.63) is 29.3 Å². The molecule has 1 aliphatic rings. The largest absolute Gasteiger partial charge is 0.481 e. The highest BCUT2D eigenvalue weighted by Crippen LogP contribution is 2.23. The number of carboxylic acids is 1. The van der Waals surface area contributed by atoms with E-state index in [1.807, 2.05) is 4.90 Å². The van der Waals surface area contributed by atoms with Crippen LogP contribution in [0.4, 0.5) is 0 Å². The fourth-order valence-corrected chi connectivity index (χ4v) is 2.59. The molecule has 1 saturated heterocycles. The van der Waals surface area contributed by atoms with Crippen LogP contribution >= 0.6 is 0 Å². The highest BCUT2D eigenvalue weighted by Gasteiger charge is 2.24. The molecule has 1 N–H and O–H groups in total. The minimum atomic E-state index is -0.993. The second-order valence-electron chi connectivity index (χ2n) is 5.38. The van der Waals surface area contributed by atoms with Crippen LogP contribution in [0.2, 0.25) is 0 Å². The van der Waals surface area contributed by atoms with Crippen LogP contribution in [0.1, 0.15) is 42.1 Å². The van der Waals surface area contributed by atoms with E-state index in [2.05, 4.69) is 0 Å². The van der Waals surface area contributed by atoms with Crippen molar-refractivity contribution in [2.75, 3.05) is 13.1 Å². The van der Waals surface area contributed by atoms with Crippen molar-refractivity contribution in [1.29, 1.82) is 0 Å². The molecular weight excluding hydrogens is 270 g/mol. The number of nitrogens with zero attached hydrogens (tertiary/aromatic N) is 1. The Morgan fingerprint density at radius 2 is 1.90 bits per heavy atom. The van der Waals surface area contributed by atoms with Crippen LogP contribution in [0.3, 0.4) is 0 Å². The van der Waals surface area contributed by atoms with E-state index < -0.39 is 12.1 Å². The second kappa shape index (κ2) is 6.61. The van der Waals surface area contributed by atoms with Gasteiger partial charge in [-0.25, -0.2) is 4.79 Å². The first-order valence-corrected chi connectivity index (χ1v) is 7.29. The molecule has 0 bridgehead atoms. The average Bonchev–Trinajstić information content (AvgIpc) is 2.49. The van der Waals surface area contributed by atoms with E-state index in [0.717, 1.165) is 25.9 Å². The molecule has 5 nitrogen and oxygen atoms in total. The second-order valence-corrected chi connectivity index (χ2v) is 5.38. The zero-order chi connectivity index (χ0) is 15.4. The summed E-state index contributed by atoms with van der Waals surface area (Å²) >= 11 is 0. The molecule has 1 aromatic rings. The summed E-state index contributed by atoms with van der Waals surface area (Å²) in [4.78, 5) is 25.3. The molecule has 1 aromatic carbocycles. The molecule has 21 heavy (non-hydrogen) atoms. The Morgan fingerprint density at radius 1 is 1.24 bits per heavy atom. The van der Waals surface area contributed by atoms with Crippen molar-refractivity contribution in [1.82, 2.24) is 4.90 Å². The Labute approximate surface area is 124 Å². The van der Waals surface area contributed by atoms with Gasteiger partial charge in [-0.2, -0.15) is 0 Å². The van der Waals surface area contributed by atoms with Crippen molar-refractivity contribution in [2.24, 2.45) is 0 Å². The summed E-state index contributed by atoms with van der Waals surface area (Å²) in [6, 6.07) is 4.85. The van der Waals surface area contributed by atoms with E-state index in [1.54, 1.807) is 26.0 Å². The Kier molecular flexibility index (Phi) is 4.83. The number of carbonyl (C=O) groups is 2. The first-order valence-electron chi connectivity index (χ1n) is 7.29. The Bertz CT molecular complexity index is 535. The highest BCUT2D eigenvalue weighted by atomic mass is 16.5. The number of ether oxygens (including phenoxy) is 1. The minimum Gasteiger partial charge on any atom is -0.481 e. The molecule has 0 aromatic heterocycles. The summed E-state index contributed by atoms with van der Waals surface area (Å²) in [7, 11) is 0. The lowest BCUT2D eigenvalue weighted by Gasteiger charge is -2.29. The van der Waals surface area contributed by atoms with Gasteiger partial charge in [0.25, 0.3) is 5.91 Å². The lowest BCUT2D eigenvalue weighted by Crippen LogP contribution is -2.43. The standard InChI is InChI=1S/C16H21NO4/c1-11-13(16(19)20)7-6-8-14(11)21-12(2)15(18)17-9-4-3-5-10-17/h6-8,12H,3-5,9-10H2,1-2H3,(H,19,20). The molecule has 1 heterocycles. The molecule has 1 atom stereocenters. The first kappa shape index (κ1) is 15.4. The van der Waals surface area contributed by atoms with Gasteiger partial charge in [-0.15, -0.1) is 0 Å². The Balaban J connectivity index is 2.08. The molecule has 1 amide bonds. The van der Waals surface area contributed by atoms with Crippen molar-refractivity contribution < 1.29 is 19.4 Å². The van der Waals surface area contributed by atoms with Crippen LogP contribution in [-0.2, 0) is 4.79 Å². The fraction of sp³-hybridized carbons (Fsp3) is 0.500. The molecule has 1 unspecified atom stereocenters. The number of hydrogen-bond donors (Lipinski definition) is 1. The zero-order valence-electron chi connectivity index (χ0n) is 12.5. The lowest BCUT2D eigenvalue weighted by atomic mass is 10.1. The Morgan fingerprint density at radius 3 is 2.52 bits per heavy atom. The summed E-state index contributed by atoms with van der Waals surface area (Å²) in [6.45, 7) is 4.96. The summed E-state index contributed by atoms with van der Waals surface area (Å²) in [5.41, 5.74) is 0.744. The van der Waals surface area contributed by atoms with E-state index >= 15 is 0 Å². The van der Waals surface area contributed by atoms with Gasteiger partial charge in [-0.1, -0.05) is 6.07 Å². The number of carbonyl (C=O) groups excluding carboxylic acids is 1. The van der Waals surface area contributed by atoms with Gasteiger partial charge in [-0.3, -0.25) is 4.79 Å². The molecule has 0 saturated carbocycles. The summed E-state index contributed by atoms with van der Waals surface area (Å²) < 4.78 is 5.70. The van der Waals surface area contributed by atoms with E-state index in [0.29, 0.717) is 11.3 Å². The normalized spacial score (nSPS) is 16.4. The van der Waals surface area contributed by atoms with Gasteiger partial charge >= 0.3 is 5.97 Å². The molecule has 5 heteroatoms. The number of benzene rings is 1. The maximum Gasteiger partial charge on any atom is 0.336 e. The molecule has 0 spiro atoms. The van der Waals surface area contributed by atoms with Gasteiger partial charge in [-0.05, 0) is 45.2 Å². The van der Waals surface area contributed by atoms with Gasteiger partial charge in [0.2, 0.25) is 0 Å². The van der Waals surface area contributed by atoms with Crippen molar-refractivity contribution in [3.8, 4) is 5.75 Å². The van der Waals surface area contributed by atoms with Crippen molar-refractivity contribution >= 4 is 11.9 Å². The topological polar surface area (TPSA) is 66.8 Å². The number of hydrogen-bond acceptors (Lipinski definition) is 3. The smallest absolute Gasteiger partial charge is 0.336 e. The third kappa shape index (κ3) is 3.54. The monoisotopic (exact) mass is 291 g/mol. The van der Waals surface area contributed by atoms with Gasteiger partial charge in [0.15, 0.2) is 6.10 Å². The van der Waals surface area contributed by atoms with E-state index in [9.17, 15) is 9.59 Å². The minimum absolute atomic E-state index is 0.0326. The van der Waals surface area contributed by atoms with Crippen LogP contribution in [0.5, 0.6) is 5.75 Å². The molecule has 114 valence electrons. The first-order chi connectivity index (χ1) is 10.0. The molecule has 1 fully saturated rings. The number of piperidine rings is 1. The predicted molar refractivity (Wildman–Crippen MR) is 78.7 cm³/mol. The van der Waals surface area contributed by atoms with Crippen LogP contribution in [0.25, 0.3) is 0 Å². The molecule has 0 aliphatic carbocycles. The third-order valence-corrected chi connectivity index (χ3v) is 3.83. The van der Waals surface area contributed by atoms with Crippen LogP contribution in [-0.4, -0.2) is 41.1 Å². The number of aromatic carboxylic acids is 1. The number of carboxylic acid groups (broad SMARTS) is 1. The van der Waals surface area contributed by atoms with Crippen LogP contribution in [0.15, 0.2) is 18.2 Å². The van der Waals surface area contributed by atoms with E-state index in [-0.39, 0.29) is 11.5 Å². The quantitative estimate of drug-likeness (QED) is 0.925. The fourth-order valence-electron chi connectivity index (χ4n) is 2.59. The summed E-state index contributed by atoms with van der Waals surface area (Å²) in [5.74, 6) is -0.574. The number of rotatable bonds is 4. The highest BCUT2D eigenvalue weighted by molar-refractivity contribution is 5.90. The maximum atomic E-state index is 12.3. The SMILES string of the molecule is Cc1c(OC(C)C(=O)N2CCCCC2)cccc1C(=O)O. The van der Waals surface area contributed by atoms with E-state index in [4.69, 9.17) is 9.84 Å². The van der Waals surface area contributed by atoms with Gasteiger partial charge < -0.3 is 14.7 Å². The average molecular weight is 291 g/mol. The van der Waals surface area contributed by atoms with Crippen molar-refractivity contribution in [2.45, 2.75) is 39.2 Å². The zero-order valence-corrected chi connectivity index (χ0v) is 12.5. The van der Waals surface area contributed by atoms with Gasteiger partial charge in [0.05, 0.1) is 5.56 Å².